The zero-order valence-corrected chi connectivity index (χ0v) is 13.0. The first-order valence-corrected chi connectivity index (χ1v) is 6.83. The van der Waals surface area contributed by atoms with Crippen LogP contribution in [0.1, 0.15) is 23.2 Å². The van der Waals surface area contributed by atoms with Gasteiger partial charge in [-0.2, -0.15) is 0 Å². The van der Waals surface area contributed by atoms with Gasteiger partial charge in [0.1, 0.15) is 0 Å². The zero-order chi connectivity index (χ0) is 13.8. The molecule has 1 atom stereocenters. The number of hydrogen-bond acceptors (Lipinski definition) is 4. The Hall–Kier alpha value is -1.18. The number of non-ortho nitro benzene ring substituents is 1. The minimum absolute atomic E-state index is 0. The predicted molar refractivity (Wildman–Crippen MR) is 81.4 cm³/mol. The molecule has 2 N–H and O–H groups in total. The maximum atomic E-state index is 12.1. The standard InChI is InChI=1S/C12H14BrN3O3.ClH/c13-11-6-9(16(18)19)3-4-10(11)12(17)15-8-2-1-5-14-7-8;/h3-4,6,8,14H,1-2,5,7H2,(H,15,17);1H. The monoisotopic (exact) mass is 363 g/mol. The van der Waals surface area contributed by atoms with Crippen LogP contribution < -0.4 is 10.6 Å². The van der Waals surface area contributed by atoms with Crippen molar-refractivity contribution < 1.29 is 9.72 Å². The lowest BCUT2D eigenvalue weighted by atomic mass is 10.1. The van der Waals surface area contributed by atoms with E-state index < -0.39 is 4.92 Å². The quantitative estimate of drug-likeness (QED) is 0.636. The highest BCUT2D eigenvalue weighted by Gasteiger charge is 2.19. The molecule has 1 aromatic carbocycles. The molecule has 1 aliphatic heterocycles. The minimum Gasteiger partial charge on any atom is -0.348 e. The topological polar surface area (TPSA) is 84.3 Å². The number of nitrogens with zero attached hydrogens (tertiary/aromatic N) is 1. The second kappa shape index (κ2) is 7.56. The minimum atomic E-state index is -0.489. The summed E-state index contributed by atoms with van der Waals surface area (Å²) in [5, 5.41) is 16.8. The first-order valence-electron chi connectivity index (χ1n) is 6.03. The van der Waals surface area contributed by atoms with E-state index in [2.05, 4.69) is 26.6 Å². The van der Waals surface area contributed by atoms with Crippen molar-refractivity contribution in [3.63, 3.8) is 0 Å². The molecule has 1 fully saturated rings. The van der Waals surface area contributed by atoms with Crippen molar-refractivity contribution in [2.24, 2.45) is 0 Å². The van der Waals surface area contributed by atoms with Crippen LogP contribution in [0, 0.1) is 10.1 Å². The molecule has 0 radical (unpaired) electrons. The lowest BCUT2D eigenvalue weighted by Gasteiger charge is -2.23. The molecule has 1 aromatic rings. The van der Waals surface area contributed by atoms with Crippen LogP contribution in [-0.4, -0.2) is 30.0 Å². The highest BCUT2D eigenvalue weighted by molar-refractivity contribution is 9.10. The van der Waals surface area contributed by atoms with Gasteiger partial charge in [-0.15, -0.1) is 12.4 Å². The van der Waals surface area contributed by atoms with Crippen molar-refractivity contribution in [3.05, 3.63) is 38.3 Å². The Kier molecular flexibility index (Phi) is 6.38. The summed E-state index contributed by atoms with van der Waals surface area (Å²) >= 11 is 3.20. The summed E-state index contributed by atoms with van der Waals surface area (Å²) in [4.78, 5) is 22.2. The Morgan fingerprint density at radius 3 is 2.80 bits per heavy atom. The Morgan fingerprint density at radius 1 is 1.50 bits per heavy atom. The summed E-state index contributed by atoms with van der Waals surface area (Å²) in [6, 6.07) is 4.25. The van der Waals surface area contributed by atoms with Gasteiger partial charge in [0.15, 0.2) is 0 Å². The van der Waals surface area contributed by atoms with Gasteiger partial charge in [-0.25, -0.2) is 0 Å². The molecular formula is C12H15BrClN3O3. The fraction of sp³-hybridized carbons (Fsp3) is 0.417. The number of amides is 1. The number of hydrogen-bond donors (Lipinski definition) is 2. The van der Waals surface area contributed by atoms with Crippen LogP contribution in [0.3, 0.4) is 0 Å². The number of benzene rings is 1. The first-order chi connectivity index (χ1) is 9.08. The molecule has 8 heteroatoms. The predicted octanol–water partition coefficient (Wildman–Crippen LogP) is 2.26. The summed E-state index contributed by atoms with van der Waals surface area (Å²) < 4.78 is 0.433. The number of carbonyl (C=O) groups is 1. The Balaban J connectivity index is 0.00000200. The van der Waals surface area contributed by atoms with E-state index in [1.807, 2.05) is 0 Å². The lowest BCUT2D eigenvalue weighted by Crippen LogP contribution is -2.45. The Morgan fingerprint density at radius 2 is 2.25 bits per heavy atom. The van der Waals surface area contributed by atoms with Crippen molar-refractivity contribution in [2.45, 2.75) is 18.9 Å². The molecule has 6 nitrogen and oxygen atoms in total. The largest absolute Gasteiger partial charge is 0.348 e. The number of nitro groups is 1. The third-order valence-corrected chi connectivity index (χ3v) is 3.70. The van der Waals surface area contributed by atoms with E-state index in [1.165, 1.54) is 18.2 Å². The van der Waals surface area contributed by atoms with Gasteiger partial charge in [-0.1, -0.05) is 0 Å². The van der Waals surface area contributed by atoms with Crippen LogP contribution in [0.25, 0.3) is 0 Å². The van der Waals surface area contributed by atoms with Gasteiger partial charge in [0, 0.05) is 29.2 Å². The van der Waals surface area contributed by atoms with Crippen molar-refractivity contribution in [3.8, 4) is 0 Å². The van der Waals surface area contributed by atoms with E-state index in [0.717, 1.165) is 25.9 Å². The van der Waals surface area contributed by atoms with Gasteiger partial charge in [0.2, 0.25) is 0 Å². The van der Waals surface area contributed by atoms with Crippen molar-refractivity contribution >= 4 is 39.9 Å². The highest BCUT2D eigenvalue weighted by atomic mass is 79.9. The van der Waals surface area contributed by atoms with Crippen molar-refractivity contribution in [2.75, 3.05) is 13.1 Å². The Labute approximate surface area is 131 Å². The second-order valence-electron chi connectivity index (χ2n) is 4.44. The molecule has 0 bridgehead atoms. The third-order valence-electron chi connectivity index (χ3n) is 3.04. The molecule has 0 saturated carbocycles. The molecule has 2 rings (SSSR count). The molecule has 0 aliphatic carbocycles. The molecule has 0 aromatic heterocycles. The second-order valence-corrected chi connectivity index (χ2v) is 5.29. The first kappa shape index (κ1) is 16.9. The molecule has 0 spiro atoms. The number of nitrogens with one attached hydrogen (secondary N) is 2. The number of piperidine rings is 1. The molecule has 1 aliphatic rings. The van der Waals surface area contributed by atoms with Crippen LogP contribution in [0.5, 0.6) is 0 Å². The molecular weight excluding hydrogens is 350 g/mol. The zero-order valence-electron chi connectivity index (χ0n) is 10.6. The van der Waals surface area contributed by atoms with Gasteiger partial charge < -0.3 is 10.6 Å². The summed E-state index contributed by atoms with van der Waals surface area (Å²) in [6.45, 7) is 1.74. The maximum Gasteiger partial charge on any atom is 0.270 e. The third kappa shape index (κ3) is 4.16. The van der Waals surface area contributed by atoms with Crippen LogP contribution in [0.15, 0.2) is 22.7 Å². The highest BCUT2D eigenvalue weighted by Crippen LogP contribution is 2.23. The normalized spacial score (nSPS) is 17.9. The maximum absolute atomic E-state index is 12.1. The van der Waals surface area contributed by atoms with Crippen molar-refractivity contribution in [1.29, 1.82) is 0 Å². The van der Waals surface area contributed by atoms with E-state index in [9.17, 15) is 14.9 Å². The van der Waals surface area contributed by atoms with E-state index in [0.29, 0.717) is 10.0 Å². The van der Waals surface area contributed by atoms with Crippen LogP contribution in [-0.2, 0) is 0 Å². The number of halogens is 2. The van der Waals surface area contributed by atoms with Crippen LogP contribution in [0.2, 0.25) is 0 Å². The van der Waals surface area contributed by atoms with Crippen molar-refractivity contribution in [1.82, 2.24) is 10.6 Å². The summed E-state index contributed by atoms with van der Waals surface area (Å²) in [7, 11) is 0. The molecule has 1 heterocycles. The van der Waals surface area contributed by atoms with Gasteiger partial charge in [-0.3, -0.25) is 14.9 Å². The average molecular weight is 365 g/mol. The fourth-order valence-electron chi connectivity index (χ4n) is 2.04. The molecule has 20 heavy (non-hydrogen) atoms. The lowest BCUT2D eigenvalue weighted by molar-refractivity contribution is -0.384. The van der Waals surface area contributed by atoms with Crippen LogP contribution in [0.4, 0.5) is 5.69 Å². The van der Waals surface area contributed by atoms with Gasteiger partial charge in [0.25, 0.3) is 11.6 Å². The van der Waals surface area contributed by atoms with E-state index in [-0.39, 0.29) is 30.0 Å². The summed E-state index contributed by atoms with van der Waals surface area (Å²) in [6.07, 6.45) is 1.98. The number of nitro benzene ring substituents is 1. The number of carbonyl (C=O) groups excluding carboxylic acids is 1. The van der Waals surface area contributed by atoms with Gasteiger partial charge >= 0.3 is 0 Å². The average Bonchev–Trinajstić information content (AvgIpc) is 2.39. The van der Waals surface area contributed by atoms with Crippen LogP contribution >= 0.6 is 28.3 Å². The molecule has 110 valence electrons. The smallest absolute Gasteiger partial charge is 0.270 e. The number of rotatable bonds is 3. The fourth-order valence-corrected chi connectivity index (χ4v) is 2.59. The summed E-state index contributed by atoms with van der Waals surface area (Å²) in [5.41, 5.74) is 0.374. The van der Waals surface area contributed by atoms with E-state index in [4.69, 9.17) is 0 Å². The SMILES string of the molecule is Cl.O=C(NC1CCCNC1)c1ccc([N+](=O)[O-])cc1Br. The van der Waals surface area contributed by atoms with E-state index >= 15 is 0 Å². The molecule has 1 unspecified atom stereocenters. The van der Waals surface area contributed by atoms with E-state index in [1.54, 1.807) is 0 Å². The Bertz CT molecular complexity index is 507. The molecule has 1 saturated heterocycles. The van der Waals surface area contributed by atoms with Gasteiger partial charge in [0.05, 0.1) is 10.5 Å². The van der Waals surface area contributed by atoms with Gasteiger partial charge in [-0.05, 0) is 41.4 Å². The summed E-state index contributed by atoms with van der Waals surface area (Å²) in [5.74, 6) is -0.213. The molecule has 1 amide bonds.